The van der Waals surface area contributed by atoms with Gasteiger partial charge in [0, 0.05) is 7.05 Å². The maximum Gasteiger partial charge on any atom is 0.416 e. The van der Waals surface area contributed by atoms with E-state index in [0.29, 0.717) is 6.07 Å². The topological polar surface area (TPSA) is 80.5 Å². The third-order valence-corrected chi connectivity index (χ3v) is 1.90. The number of hydrogen-bond acceptors (Lipinski definition) is 3. The highest BCUT2D eigenvalue weighted by molar-refractivity contribution is 6.29. The van der Waals surface area contributed by atoms with E-state index in [2.05, 4.69) is 10.1 Å². The fraction of sp³-hybridized carbons (Fsp3) is 0.250. The molecule has 1 heterocycles. The van der Waals surface area contributed by atoms with Crippen molar-refractivity contribution in [3.63, 3.8) is 0 Å². The fourth-order valence-corrected chi connectivity index (χ4v) is 1.24. The molecule has 0 aliphatic rings. The zero-order valence-corrected chi connectivity index (χ0v) is 10.6. The summed E-state index contributed by atoms with van der Waals surface area (Å²) in [5.74, 6) is -0.416. The van der Waals surface area contributed by atoms with Gasteiger partial charge in [0.05, 0.1) is 5.56 Å². The normalized spacial score (nSPS) is 10.5. The van der Waals surface area contributed by atoms with Crippen LogP contribution in [-0.4, -0.2) is 18.0 Å². The van der Waals surface area contributed by atoms with Gasteiger partial charge in [0.2, 0.25) is 5.96 Å². The van der Waals surface area contributed by atoms with E-state index in [9.17, 15) is 13.2 Å². The molecule has 0 saturated heterocycles. The van der Waals surface area contributed by atoms with Gasteiger partial charge in [-0.05, 0) is 12.1 Å². The van der Waals surface area contributed by atoms with Crippen molar-refractivity contribution in [2.75, 3.05) is 12.1 Å². The number of anilines is 1. The lowest BCUT2D eigenvalue weighted by molar-refractivity contribution is -0.137. The summed E-state index contributed by atoms with van der Waals surface area (Å²) >= 11 is 5.49. The van der Waals surface area contributed by atoms with Crippen LogP contribution in [0.5, 0.6) is 0 Å². The van der Waals surface area contributed by atoms with E-state index in [0.717, 1.165) is 11.1 Å². The van der Waals surface area contributed by atoms with Gasteiger partial charge in [-0.2, -0.15) is 13.2 Å². The molecule has 1 aromatic heterocycles. The lowest BCUT2D eigenvalue weighted by Crippen LogP contribution is -2.27. The number of guanidine groups is 1. The molecule has 0 atom stereocenters. The van der Waals surface area contributed by atoms with Crippen LogP contribution in [0.2, 0.25) is 5.15 Å². The zero-order chi connectivity index (χ0) is 13.2. The van der Waals surface area contributed by atoms with Crippen LogP contribution in [0.1, 0.15) is 5.56 Å². The van der Waals surface area contributed by atoms with Crippen LogP contribution in [0.15, 0.2) is 17.2 Å². The molecule has 0 aromatic carbocycles. The van der Waals surface area contributed by atoms with Crippen LogP contribution in [0.3, 0.4) is 0 Å². The van der Waals surface area contributed by atoms with Crippen molar-refractivity contribution in [3.8, 4) is 0 Å². The lowest BCUT2D eigenvalue weighted by atomic mass is 10.2. The minimum atomic E-state index is -4.51. The number of hydrogen-bond donors (Lipinski definition) is 2. The van der Waals surface area contributed by atoms with Crippen LogP contribution in [-0.2, 0) is 6.18 Å². The molecule has 1 aromatic rings. The number of halogens is 5. The highest BCUT2D eigenvalue weighted by atomic mass is 35.5. The molecule has 1 rings (SSSR count). The van der Waals surface area contributed by atoms with E-state index in [1.54, 1.807) is 0 Å². The molecule has 10 heteroatoms. The zero-order valence-electron chi connectivity index (χ0n) is 9.07. The first-order valence-corrected chi connectivity index (χ1v) is 4.66. The number of pyridine rings is 1. The van der Waals surface area contributed by atoms with Crippen molar-refractivity contribution in [2.24, 2.45) is 16.6 Å². The van der Waals surface area contributed by atoms with E-state index in [4.69, 9.17) is 23.1 Å². The number of aromatic nitrogens is 1. The minimum Gasteiger partial charge on any atom is -0.369 e. The van der Waals surface area contributed by atoms with E-state index in [1.165, 1.54) is 7.05 Å². The van der Waals surface area contributed by atoms with Gasteiger partial charge >= 0.3 is 6.18 Å². The van der Waals surface area contributed by atoms with Gasteiger partial charge in [-0.1, -0.05) is 11.6 Å². The Bertz CT molecular complexity index is 445. The second-order valence-electron chi connectivity index (χ2n) is 3.08. The lowest BCUT2D eigenvalue weighted by Gasteiger charge is -2.14. The summed E-state index contributed by atoms with van der Waals surface area (Å²) < 4.78 is 37.5. The maximum absolute atomic E-state index is 12.5. The second-order valence-corrected chi connectivity index (χ2v) is 3.47. The predicted molar refractivity (Wildman–Crippen MR) is 65.7 cm³/mol. The van der Waals surface area contributed by atoms with Gasteiger partial charge in [0.1, 0.15) is 5.15 Å². The van der Waals surface area contributed by atoms with Crippen LogP contribution in [0.25, 0.3) is 0 Å². The number of nitrogens with two attached hydrogens (primary N) is 2. The van der Waals surface area contributed by atoms with Gasteiger partial charge in [0.25, 0.3) is 0 Å². The number of rotatable bonds is 2. The van der Waals surface area contributed by atoms with Crippen molar-refractivity contribution < 1.29 is 13.2 Å². The molecule has 102 valence electrons. The van der Waals surface area contributed by atoms with Gasteiger partial charge < -0.3 is 11.5 Å². The van der Waals surface area contributed by atoms with Gasteiger partial charge in [-0.15, -0.1) is 17.5 Å². The molecule has 0 fully saturated rings. The Morgan fingerprint density at radius 2 is 1.94 bits per heavy atom. The molecule has 0 aliphatic carbocycles. The number of hydrazone groups is 1. The Balaban J connectivity index is 0.00000289. The van der Waals surface area contributed by atoms with E-state index in [-0.39, 0.29) is 29.3 Å². The predicted octanol–water partition coefficient (Wildman–Crippen LogP) is 1.80. The Morgan fingerprint density at radius 1 is 1.39 bits per heavy atom. The Kier molecular flexibility index (Phi) is 5.50. The summed E-state index contributed by atoms with van der Waals surface area (Å²) in [5, 5.41) is 4.23. The highest BCUT2D eigenvalue weighted by Gasteiger charge is 2.31. The van der Waals surface area contributed by atoms with Crippen molar-refractivity contribution in [1.82, 2.24) is 4.98 Å². The summed E-state index contributed by atoms with van der Waals surface area (Å²) in [7, 11) is 1.35. The Hall–Kier alpha value is -1.41. The van der Waals surface area contributed by atoms with Crippen LogP contribution >= 0.6 is 24.0 Å². The minimum absolute atomic E-state index is 0. The molecule has 0 bridgehead atoms. The monoisotopic (exact) mass is 303 g/mol. The van der Waals surface area contributed by atoms with Crippen molar-refractivity contribution in [3.05, 3.63) is 22.8 Å². The first-order chi connectivity index (χ1) is 7.70. The van der Waals surface area contributed by atoms with Crippen LogP contribution in [0.4, 0.5) is 19.0 Å². The van der Waals surface area contributed by atoms with E-state index < -0.39 is 11.7 Å². The summed E-state index contributed by atoms with van der Waals surface area (Å²) in [6, 6.07) is 1.51. The first-order valence-electron chi connectivity index (χ1n) is 4.28. The molecule has 0 amide bonds. The third kappa shape index (κ3) is 4.46. The van der Waals surface area contributed by atoms with Crippen molar-refractivity contribution >= 4 is 35.8 Å². The SMILES string of the molecule is CN(N=C(N)N)c1cc(C(F)(F)F)cc(Cl)n1.Cl. The largest absolute Gasteiger partial charge is 0.416 e. The molecule has 0 unspecified atom stereocenters. The van der Waals surface area contributed by atoms with Crippen LogP contribution < -0.4 is 16.5 Å². The van der Waals surface area contributed by atoms with E-state index in [1.807, 2.05) is 0 Å². The molecule has 5 nitrogen and oxygen atoms in total. The molecule has 0 aliphatic heterocycles. The Labute approximate surface area is 112 Å². The summed E-state index contributed by atoms with van der Waals surface area (Å²) in [6.45, 7) is 0. The number of alkyl halides is 3. The Morgan fingerprint density at radius 3 is 2.39 bits per heavy atom. The van der Waals surface area contributed by atoms with Crippen LogP contribution in [0, 0.1) is 0 Å². The quantitative estimate of drug-likeness (QED) is 0.378. The summed E-state index contributed by atoms with van der Waals surface area (Å²) in [6.07, 6.45) is -4.51. The average molecular weight is 304 g/mol. The van der Waals surface area contributed by atoms with E-state index >= 15 is 0 Å². The molecular weight excluding hydrogens is 294 g/mol. The molecule has 0 spiro atoms. The molecule has 4 N–H and O–H groups in total. The standard InChI is InChI=1S/C8H9ClF3N5.ClH/c1-17(16-7(13)14)6-3-4(8(10,11)12)2-5(9)15-6;/h2-3H,1H3,(H4,13,14,16);1H. The smallest absolute Gasteiger partial charge is 0.369 e. The van der Waals surface area contributed by atoms with Gasteiger partial charge in [0.15, 0.2) is 5.82 Å². The molecule has 18 heavy (non-hydrogen) atoms. The highest BCUT2D eigenvalue weighted by Crippen LogP contribution is 2.32. The summed E-state index contributed by atoms with van der Waals surface area (Å²) in [5.41, 5.74) is 9.27. The van der Waals surface area contributed by atoms with Crippen molar-refractivity contribution in [2.45, 2.75) is 6.18 Å². The maximum atomic E-state index is 12.5. The third-order valence-electron chi connectivity index (χ3n) is 1.70. The summed E-state index contributed by atoms with van der Waals surface area (Å²) in [4.78, 5) is 3.67. The van der Waals surface area contributed by atoms with Gasteiger partial charge in [-0.3, -0.25) is 0 Å². The molecule has 0 radical (unpaired) electrons. The van der Waals surface area contributed by atoms with Gasteiger partial charge in [-0.25, -0.2) is 9.99 Å². The fourth-order valence-electron chi connectivity index (χ4n) is 1.04. The molecular formula is C8H10Cl2F3N5. The molecule has 0 saturated carbocycles. The first kappa shape index (κ1) is 16.6. The second kappa shape index (κ2) is 5.96. The van der Waals surface area contributed by atoms with Crippen molar-refractivity contribution in [1.29, 1.82) is 0 Å². The average Bonchev–Trinajstić information content (AvgIpc) is 2.14. The number of nitrogens with zero attached hydrogens (tertiary/aromatic N) is 3.